The second kappa shape index (κ2) is 6.52. The third kappa shape index (κ3) is 3.59. The lowest BCUT2D eigenvalue weighted by Crippen LogP contribution is -2.10. The minimum absolute atomic E-state index is 0.133. The molecule has 3 aromatic rings. The largest absolute Gasteiger partial charge is 0.327 e. The van der Waals surface area contributed by atoms with E-state index >= 15 is 0 Å². The molecular formula is C20H20BrFN2. The van der Waals surface area contributed by atoms with Crippen LogP contribution in [0.5, 0.6) is 0 Å². The number of benzene rings is 2. The minimum Gasteiger partial charge on any atom is -0.327 e. The summed E-state index contributed by atoms with van der Waals surface area (Å²) in [6.45, 7) is 7.26. The Morgan fingerprint density at radius 1 is 1.08 bits per heavy atom. The third-order valence-corrected chi connectivity index (χ3v) is 4.67. The van der Waals surface area contributed by atoms with Crippen molar-refractivity contribution in [1.29, 1.82) is 0 Å². The second-order valence-electron chi connectivity index (χ2n) is 6.95. The van der Waals surface area contributed by atoms with E-state index in [0.717, 1.165) is 17.0 Å². The number of aromatic nitrogens is 2. The van der Waals surface area contributed by atoms with E-state index in [1.807, 2.05) is 12.3 Å². The molecule has 0 N–H and O–H groups in total. The van der Waals surface area contributed by atoms with E-state index in [2.05, 4.69) is 70.5 Å². The predicted octanol–water partition coefficient (Wildman–Crippen LogP) is 5.80. The molecule has 1 aromatic heterocycles. The quantitative estimate of drug-likeness (QED) is 0.556. The van der Waals surface area contributed by atoms with Crippen molar-refractivity contribution in [2.24, 2.45) is 0 Å². The Labute approximate surface area is 150 Å². The smallest absolute Gasteiger partial charge is 0.140 e. The molecule has 0 fully saturated rings. The average molecular weight is 387 g/mol. The van der Waals surface area contributed by atoms with Gasteiger partial charge in [0.25, 0.3) is 0 Å². The lowest BCUT2D eigenvalue weighted by Gasteiger charge is -2.19. The van der Waals surface area contributed by atoms with Gasteiger partial charge >= 0.3 is 0 Å². The molecule has 4 heteroatoms. The van der Waals surface area contributed by atoms with Crippen molar-refractivity contribution < 1.29 is 4.39 Å². The van der Waals surface area contributed by atoms with Crippen LogP contribution in [0.3, 0.4) is 0 Å². The molecule has 0 saturated heterocycles. The van der Waals surface area contributed by atoms with Crippen molar-refractivity contribution >= 4 is 15.9 Å². The van der Waals surface area contributed by atoms with Gasteiger partial charge in [-0.15, -0.1) is 0 Å². The van der Waals surface area contributed by atoms with Gasteiger partial charge in [-0.25, -0.2) is 9.37 Å². The van der Waals surface area contributed by atoms with E-state index in [0.29, 0.717) is 11.0 Å². The molecule has 1 heterocycles. The van der Waals surface area contributed by atoms with Crippen LogP contribution in [-0.4, -0.2) is 9.55 Å². The molecule has 2 aromatic carbocycles. The van der Waals surface area contributed by atoms with Gasteiger partial charge in [-0.3, -0.25) is 0 Å². The molecule has 0 unspecified atom stereocenters. The molecule has 0 amide bonds. The molecule has 24 heavy (non-hydrogen) atoms. The summed E-state index contributed by atoms with van der Waals surface area (Å²) in [6, 6.07) is 13.6. The van der Waals surface area contributed by atoms with Crippen molar-refractivity contribution in [2.75, 3.05) is 0 Å². The fourth-order valence-corrected chi connectivity index (χ4v) is 3.08. The molecule has 0 radical (unpaired) electrons. The maximum absolute atomic E-state index is 13.4. The Hall–Kier alpha value is -1.94. The average Bonchev–Trinajstić information content (AvgIpc) is 2.98. The minimum atomic E-state index is -0.248. The van der Waals surface area contributed by atoms with Gasteiger partial charge in [0.15, 0.2) is 0 Å². The second-order valence-corrected chi connectivity index (χ2v) is 7.81. The predicted molar refractivity (Wildman–Crippen MR) is 99.6 cm³/mol. The Bertz CT molecular complexity index is 845. The molecule has 2 nitrogen and oxygen atoms in total. The highest BCUT2D eigenvalue weighted by atomic mass is 79.9. The van der Waals surface area contributed by atoms with Crippen LogP contribution < -0.4 is 0 Å². The van der Waals surface area contributed by atoms with Crippen molar-refractivity contribution in [3.63, 3.8) is 0 Å². The van der Waals surface area contributed by atoms with Gasteiger partial charge < -0.3 is 4.57 Å². The standard InChI is InChI=1S/C20H20BrFN2/c1-20(2,3)16-7-5-15(6-8-16)19-23-10-11-24(19)13-14-4-9-18(22)17(21)12-14/h4-12H,13H2,1-3H3. The zero-order chi connectivity index (χ0) is 17.3. The van der Waals surface area contributed by atoms with Crippen LogP contribution in [0.25, 0.3) is 11.4 Å². The van der Waals surface area contributed by atoms with E-state index in [1.54, 1.807) is 12.3 Å². The highest BCUT2D eigenvalue weighted by molar-refractivity contribution is 9.10. The summed E-state index contributed by atoms with van der Waals surface area (Å²) < 4.78 is 15.9. The maximum atomic E-state index is 13.4. The molecule has 0 saturated carbocycles. The van der Waals surface area contributed by atoms with E-state index in [9.17, 15) is 4.39 Å². The Kier molecular flexibility index (Phi) is 4.59. The third-order valence-electron chi connectivity index (χ3n) is 4.06. The zero-order valence-corrected chi connectivity index (χ0v) is 15.6. The normalized spacial score (nSPS) is 11.7. The first-order valence-corrected chi connectivity index (χ1v) is 8.70. The van der Waals surface area contributed by atoms with Crippen molar-refractivity contribution in [3.8, 4) is 11.4 Å². The topological polar surface area (TPSA) is 17.8 Å². The highest BCUT2D eigenvalue weighted by Crippen LogP contribution is 2.26. The fourth-order valence-electron chi connectivity index (χ4n) is 2.65. The summed E-state index contributed by atoms with van der Waals surface area (Å²) in [5.74, 6) is 0.665. The van der Waals surface area contributed by atoms with Crippen molar-refractivity contribution in [3.05, 3.63) is 76.3 Å². The van der Waals surface area contributed by atoms with Crippen LogP contribution in [0.15, 0.2) is 59.3 Å². The van der Waals surface area contributed by atoms with Gasteiger partial charge in [0.2, 0.25) is 0 Å². The summed E-state index contributed by atoms with van der Waals surface area (Å²) in [5.41, 5.74) is 3.53. The van der Waals surface area contributed by atoms with Gasteiger partial charge in [0.1, 0.15) is 11.6 Å². The van der Waals surface area contributed by atoms with Gasteiger partial charge in [-0.2, -0.15) is 0 Å². The SMILES string of the molecule is CC(C)(C)c1ccc(-c2nccn2Cc2ccc(F)c(Br)c2)cc1. The Morgan fingerprint density at radius 2 is 1.79 bits per heavy atom. The van der Waals surface area contributed by atoms with Gasteiger partial charge in [0, 0.05) is 24.5 Å². The Morgan fingerprint density at radius 3 is 2.42 bits per heavy atom. The maximum Gasteiger partial charge on any atom is 0.140 e. The number of halogens is 2. The number of hydrogen-bond donors (Lipinski definition) is 0. The van der Waals surface area contributed by atoms with Crippen LogP contribution in [-0.2, 0) is 12.0 Å². The zero-order valence-electron chi connectivity index (χ0n) is 14.1. The van der Waals surface area contributed by atoms with E-state index < -0.39 is 0 Å². The first kappa shape index (κ1) is 16.9. The van der Waals surface area contributed by atoms with Crippen LogP contribution >= 0.6 is 15.9 Å². The van der Waals surface area contributed by atoms with E-state index in [4.69, 9.17) is 0 Å². The fraction of sp³-hybridized carbons (Fsp3) is 0.250. The lowest BCUT2D eigenvalue weighted by molar-refractivity contribution is 0.590. The van der Waals surface area contributed by atoms with Gasteiger partial charge in [0.05, 0.1) is 4.47 Å². The molecule has 0 aliphatic rings. The molecule has 0 bridgehead atoms. The summed E-state index contributed by atoms with van der Waals surface area (Å²) in [4.78, 5) is 4.49. The monoisotopic (exact) mass is 386 g/mol. The van der Waals surface area contributed by atoms with Crippen LogP contribution in [0.2, 0.25) is 0 Å². The molecule has 0 aliphatic carbocycles. The van der Waals surface area contributed by atoms with E-state index in [1.165, 1.54) is 11.6 Å². The van der Waals surface area contributed by atoms with E-state index in [-0.39, 0.29) is 11.2 Å². The first-order valence-electron chi connectivity index (χ1n) is 7.90. The summed E-state index contributed by atoms with van der Waals surface area (Å²) in [7, 11) is 0. The van der Waals surface area contributed by atoms with Gasteiger partial charge in [-0.1, -0.05) is 51.1 Å². The molecule has 0 aliphatic heterocycles. The Balaban J connectivity index is 1.88. The van der Waals surface area contributed by atoms with Gasteiger partial charge in [-0.05, 0) is 44.6 Å². The number of imidazole rings is 1. The molecule has 0 spiro atoms. The van der Waals surface area contributed by atoms with Crippen molar-refractivity contribution in [2.45, 2.75) is 32.7 Å². The van der Waals surface area contributed by atoms with Crippen molar-refractivity contribution in [1.82, 2.24) is 9.55 Å². The summed E-state index contributed by atoms with van der Waals surface area (Å²) in [6.07, 6.45) is 3.75. The molecule has 0 atom stereocenters. The summed E-state index contributed by atoms with van der Waals surface area (Å²) in [5, 5.41) is 0. The number of nitrogens with zero attached hydrogens (tertiary/aromatic N) is 2. The summed E-state index contributed by atoms with van der Waals surface area (Å²) >= 11 is 3.24. The van der Waals surface area contributed by atoms with Crippen LogP contribution in [0.4, 0.5) is 4.39 Å². The molecule has 124 valence electrons. The van der Waals surface area contributed by atoms with Crippen LogP contribution in [0.1, 0.15) is 31.9 Å². The highest BCUT2D eigenvalue weighted by Gasteiger charge is 2.14. The number of rotatable bonds is 3. The van der Waals surface area contributed by atoms with Crippen LogP contribution in [0, 0.1) is 5.82 Å². The number of hydrogen-bond acceptors (Lipinski definition) is 1. The molecule has 3 rings (SSSR count). The molecular weight excluding hydrogens is 367 g/mol. The lowest BCUT2D eigenvalue weighted by atomic mass is 9.87. The first-order chi connectivity index (χ1) is 11.3.